The number of likely N-dealkylation sites (N-methyl/N-ethyl adjacent to an activating group) is 1. The molecule has 2 aliphatic rings. The van der Waals surface area contributed by atoms with Crippen LogP contribution in [-0.4, -0.2) is 31.3 Å². The van der Waals surface area contributed by atoms with Gasteiger partial charge in [-0.15, -0.1) is 11.3 Å². The van der Waals surface area contributed by atoms with Crippen molar-refractivity contribution in [1.29, 1.82) is 0 Å². The van der Waals surface area contributed by atoms with Crippen molar-refractivity contribution in [3.05, 3.63) is 50.7 Å². The van der Waals surface area contributed by atoms with Gasteiger partial charge in [0, 0.05) is 23.2 Å². The summed E-state index contributed by atoms with van der Waals surface area (Å²) in [6, 6.07) is 7.08. The number of nitrogens with zero attached hydrogens (tertiary/aromatic N) is 1. The zero-order chi connectivity index (χ0) is 19.1. The number of hydrogen-bond donors (Lipinski definition) is 0. The maximum Gasteiger partial charge on any atom is 0.348 e. The third-order valence-electron chi connectivity index (χ3n) is 5.34. The third-order valence-corrected chi connectivity index (χ3v) is 6.56. The Morgan fingerprint density at radius 2 is 2.07 bits per heavy atom. The molecule has 0 radical (unpaired) electrons. The largest absolute Gasteiger partial charge is 0.453 e. The molecule has 1 atom stereocenters. The van der Waals surface area contributed by atoms with Crippen LogP contribution in [0.3, 0.4) is 0 Å². The first kappa shape index (κ1) is 17.9. The molecule has 0 N–H and O–H groups in total. The van der Waals surface area contributed by atoms with Crippen LogP contribution in [0.15, 0.2) is 24.3 Å². The second kappa shape index (κ2) is 6.93. The molecular weight excluding hydrogens is 362 g/mol. The molecule has 4 rings (SSSR count). The van der Waals surface area contributed by atoms with Crippen LogP contribution < -0.4 is 4.90 Å². The zero-order valence-electron chi connectivity index (χ0n) is 15.4. The molecule has 0 saturated heterocycles. The lowest BCUT2D eigenvalue weighted by Crippen LogP contribution is -2.20. The van der Waals surface area contributed by atoms with E-state index in [9.17, 15) is 14.4 Å². The van der Waals surface area contributed by atoms with Crippen LogP contribution in [0, 0.1) is 5.92 Å². The number of carbonyl (C=O) groups is 3. The molecule has 5 nitrogen and oxygen atoms in total. The minimum Gasteiger partial charge on any atom is -0.453 e. The van der Waals surface area contributed by atoms with Gasteiger partial charge >= 0.3 is 5.97 Å². The van der Waals surface area contributed by atoms with E-state index >= 15 is 0 Å². The topological polar surface area (TPSA) is 63.7 Å². The van der Waals surface area contributed by atoms with Crippen LogP contribution in [0.4, 0.5) is 5.69 Å². The molecule has 0 spiro atoms. The van der Waals surface area contributed by atoms with E-state index < -0.39 is 5.97 Å². The van der Waals surface area contributed by atoms with E-state index in [0.717, 1.165) is 30.5 Å². The summed E-state index contributed by atoms with van der Waals surface area (Å²) >= 11 is 1.48. The second-order valence-corrected chi connectivity index (χ2v) is 8.52. The van der Waals surface area contributed by atoms with Gasteiger partial charge in [-0.1, -0.05) is 6.92 Å². The Balaban J connectivity index is 1.40. The smallest absolute Gasteiger partial charge is 0.348 e. The van der Waals surface area contributed by atoms with Crippen LogP contribution in [0.25, 0.3) is 0 Å². The Bertz CT molecular complexity index is 946. The normalized spacial score (nSPS) is 18.2. The molecule has 0 saturated carbocycles. The molecule has 1 aliphatic heterocycles. The molecule has 2 heterocycles. The van der Waals surface area contributed by atoms with E-state index in [0.29, 0.717) is 22.8 Å². The fourth-order valence-electron chi connectivity index (χ4n) is 3.74. The predicted molar refractivity (Wildman–Crippen MR) is 104 cm³/mol. The van der Waals surface area contributed by atoms with Gasteiger partial charge < -0.3 is 9.64 Å². The quantitative estimate of drug-likeness (QED) is 0.599. The van der Waals surface area contributed by atoms with E-state index in [4.69, 9.17) is 4.74 Å². The van der Waals surface area contributed by atoms with Gasteiger partial charge in [-0.3, -0.25) is 9.59 Å². The van der Waals surface area contributed by atoms with Gasteiger partial charge in [0.25, 0.3) is 0 Å². The Hall–Kier alpha value is -2.47. The number of benzene rings is 1. The lowest BCUT2D eigenvalue weighted by Gasteiger charge is -2.16. The summed E-state index contributed by atoms with van der Waals surface area (Å²) in [5.74, 6) is -0.0464. The maximum atomic E-state index is 12.4. The van der Waals surface area contributed by atoms with Gasteiger partial charge in [-0.25, -0.2) is 4.79 Å². The number of fused-ring (bicyclic) bond motifs is 2. The number of esters is 1. The summed E-state index contributed by atoms with van der Waals surface area (Å²) in [5, 5.41) is 0. The monoisotopic (exact) mass is 383 g/mol. The van der Waals surface area contributed by atoms with Crippen molar-refractivity contribution < 1.29 is 19.1 Å². The molecule has 0 fully saturated rings. The Morgan fingerprint density at radius 3 is 2.89 bits per heavy atom. The molecule has 1 aromatic heterocycles. The number of hydrogen-bond acceptors (Lipinski definition) is 5. The number of ether oxygens (including phenoxy) is 1. The van der Waals surface area contributed by atoms with Crippen molar-refractivity contribution in [2.75, 3.05) is 18.6 Å². The van der Waals surface area contributed by atoms with Crippen molar-refractivity contribution in [2.24, 2.45) is 5.92 Å². The number of amides is 1. The van der Waals surface area contributed by atoms with Crippen LogP contribution in [-0.2, 0) is 28.8 Å². The van der Waals surface area contributed by atoms with Crippen molar-refractivity contribution in [2.45, 2.75) is 32.6 Å². The summed E-state index contributed by atoms with van der Waals surface area (Å²) in [5.41, 5.74) is 3.36. The van der Waals surface area contributed by atoms with E-state index in [1.807, 2.05) is 6.07 Å². The van der Waals surface area contributed by atoms with Gasteiger partial charge in [0.2, 0.25) is 5.91 Å². The average Bonchev–Trinajstić information content (AvgIpc) is 3.19. The fourth-order valence-corrected chi connectivity index (χ4v) is 4.84. The van der Waals surface area contributed by atoms with Gasteiger partial charge in [0.05, 0.1) is 6.42 Å². The van der Waals surface area contributed by atoms with Gasteiger partial charge in [-0.05, 0) is 60.6 Å². The lowest BCUT2D eigenvalue weighted by molar-refractivity contribution is -0.117. The average molecular weight is 383 g/mol. The summed E-state index contributed by atoms with van der Waals surface area (Å²) in [6.07, 6.45) is 3.46. The lowest BCUT2D eigenvalue weighted by atomic mass is 9.90. The molecule has 0 bridgehead atoms. The molecular formula is C21H21NO4S. The first-order chi connectivity index (χ1) is 12.9. The van der Waals surface area contributed by atoms with Crippen molar-refractivity contribution in [1.82, 2.24) is 0 Å². The first-order valence-electron chi connectivity index (χ1n) is 9.13. The summed E-state index contributed by atoms with van der Waals surface area (Å²) in [7, 11) is 1.72. The van der Waals surface area contributed by atoms with Crippen LogP contribution in [0.2, 0.25) is 0 Å². The number of rotatable bonds is 4. The third kappa shape index (κ3) is 3.41. The summed E-state index contributed by atoms with van der Waals surface area (Å²) in [6.45, 7) is 1.93. The van der Waals surface area contributed by atoms with Crippen molar-refractivity contribution >= 4 is 34.7 Å². The Morgan fingerprint density at radius 1 is 1.26 bits per heavy atom. The second-order valence-electron chi connectivity index (χ2n) is 7.38. The van der Waals surface area contributed by atoms with Crippen molar-refractivity contribution in [3.8, 4) is 0 Å². The van der Waals surface area contributed by atoms with Gasteiger partial charge in [0.15, 0.2) is 12.4 Å². The summed E-state index contributed by atoms with van der Waals surface area (Å²) < 4.78 is 5.26. The number of thiophene rings is 1. The standard InChI is InChI=1S/C21H21NO4S/c1-12-3-6-18-15(7-12)9-19(27-18)21(25)26-11-17(23)13-4-5-16-14(8-13)10-20(24)22(16)2/h4-5,8-9,12H,3,6-7,10-11H2,1-2H3/t12-/m0/s1. The Labute approximate surface area is 161 Å². The van der Waals surface area contributed by atoms with Crippen LogP contribution in [0.5, 0.6) is 0 Å². The van der Waals surface area contributed by atoms with E-state index in [-0.39, 0.29) is 18.3 Å². The molecule has 27 heavy (non-hydrogen) atoms. The maximum absolute atomic E-state index is 12.4. The Kier molecular flexibility index (Phi) is 4.60. The van der Waals surface area contributed by atoms with E-state index in [1.165, 1.54) is 21.8 Å². The molecule has 1 aromatic carbocycles. The number of aryl methyl sites for hydroxylation is 1. The van der Waals surface area contributed by atoms with Crippen LogP contribution in [0.1, 0.15) is 49.4 Å². The highest BCUT2D eigenvalue weighted by Crippen LogP contribution is 2.32. The summed E-state index contributed by atoms with van der Waals surface area (Å²) in [4.78, 5) is 39.9. The minimum absolute atomic E-state index is 0.0111. The number of carbonyl (C=O) groups excluding carboxylic acids is 3. The van der Waals surface area contributed by atoms with E-state index in [1.54, 1.807) is 30.1 Å². The van der Waals surface area contributed by atoms with Crippen molar-refractivity contribution in [3.63, 3.8) is 0 Å². The number of ketones is 1. The SMILES string of the molecule is C[C@H]1CCc2sc(C(=O)OCC(=O)c3ccc4c(c3)CC(=O)N4C)cc2C1. The highest BCUT2D eigenvalue weighted by atomic mass is 32.1. The highest BCUT2D eigenvalue weighted by molar-refractivity contribution is 7.14. The number of anilines is 1. The van der Waals surface area contributed by atoms with Gasteiger partial charge in [-0.2, -0.15) is 0 Å². The van der Waals surface area contributed by atoms with Gasteiger partial charge in [0.1, 0.15) is 4.88 Å². The highest BCUT2D eigenvalue weighted by Gasteiger charge is 2.25. The first-order valence-corrected chi connectivity index (χ1v) is 9.95. The molecule has 1 amide bonds. The molecule has 2 aromatic rings. The van der Waals surface area contributed by atoms with Crippen LogP contribution >= 0.6 is 11.3 Å². The van der Waals surface area contributed by atoms with E-state index in [2.05, 4.69) is 6.92 Å². The number of Topliss-reactive ketones (excluding diaryl/α,β-unsaturated/α-hetero) is 1. The predicted octanol–water partition coefficient (Wildman–Crippen LogP) is 3.43. The zero-order valence-corrected chi connectivity index (χ0v) is 16.2. The fraction of sp³-hybridized carbons (Fsp3) is 0.381. The minimum atomic E-state index is -0.438. The molecule has 1 aliphatic carbocycles. The molecule has 6 heteroatoms. The molecule has 140 valence electrons. The molecule has 0 unspecified atom stereocenters.